The Morgan fingerprint density at radius 1 is 1.32 bits per heavy atom. The highest BCUT2D eigenvalue weighted by atomic mass is 19.1. The normalized spacial score (nSPS) is 22.0. The number of carboxylic acid groups (broad SMARTS) is 1. The molecule has 1 fully saturated rings. The van der Waals surface area contributed by atoms with Gasteiger partial charge in [0.25, 0.3) is 0 Å². The van der Waals surface area contributed by atoms with Crippen molar-refractivity contribution in [2.75, 3.05) is 13.1 Å². The molecule has 2 atom stereocenters. The zero-order chi connectivity index (χ0) is 16.1. The minimum atomic E-state index is -0.841. The molecule has 118 valence electrons. The van der Waals surface area contributed by atoms with Gasteiger partial charge in [0.05, 0.1) is 5.92 Å². The van der Waals surface area contributed by atoms with Gasteiger partial charge in [0, 0.05) is 19.5 Å². The molecule has 0 aliphatic carbocycles. The summed E-state index contributed by atoms with van der Waals surface area (Å²) < 4.78 is 12.8. The van der Waals surface area contributed by atoms with E-state index in [9.17, 15) is 14.0 Å². The Labute approximate surface area is 129 Å². The second-order valence-electron chi connectivity index (χ2n) is 5.83. The number of piperidine rings is 1. The van der Waals surface area contributed by atoms with Crippen molar-refractivity contribution in [1.29, 1.82) is 0 Å². The number of rotatable bonds is 4. The maximum absolute atomic E-state index is 12.8. The summed E-state index contributed by atoms with van der Waals surface area (Å²) in [4.78, 5) is 24.9. The first-order chi connectivity index (χ1) is 10.5. The molecule has 1 aliphatic rings. The number of carboxylic acids is 1. The lowest BCUT2D eigenvalue weighted by atomic mass is 9.90. The van der Waals surface area contributed by atoms with Crippen LogP contribution < -0.4 is 0 Å². The highest BCUT2D eigenvalue weighted by Crippen LogP contribution is 2.22. The molecule has 1 aliphatic heterocycles. The summed E-state index contributed by atoms with van der Waals surface area (Å²) in [6.07, 6.45) is 4.32. The largest absolute Gasteiger partial charge is 0.481 e. The number of likely N-dealkylation sites (tertiary alicyclic amines) is 1. The Morgan fingerprint density at radius 3 is 2.64 bits per heavy atom. The van der Waals surface area contributed by atoms with Gasteiger partial charge >= 0.3 is 5.97 Å². The van der Waals surface area contributed by atoms with Crippen molar-refractivity contribution in [2.45, 2.75) is 19.8 Å². The Balaban J connectivity index is 1.91. The molecule has 1 aromatic carbocycles. The van der Waals surface area contributed by atoms with Crippen LogP contribution in [0.15, 0.2) is 30.3 Å². The van der Waals surface area contributed by atoms with Gasteiger partial charge in [-0.25, -0.2) is 4.39 Å². The molecule has 4 nitrogen and oxygen atoms in total. The minimum Gasteiger partial charge on any atom is -0.481 e. The molecule has 0 spiro atoms. The third-order valence-corrected chi connectivity index (χ3v) is 3.83. The minimum absolute atomic E-state index is 0.0730. The van der Waals surface area contributed by atoms with Crippen LogP contribution in [0.3, 0.4) is 0 Å². The van der Waals surface area contributed by atoms with Crippen molar-refractivity contribution in [1.82, 2.24) is 4.90 Å². The molecule has 0 bridgehead atoms. The number of nitrogens with zero attached hydrogens (tertiary/aromatic N) is 1. The number of hydrogen-bond donors (Lipinski definition) is 1. The van der Waals surface area contributed by atoms with Gasteiger partial charge in [0.2, 0.25) is 5.91 Å². The molecule has 2 unspecified atom stereocenters. The average molecular weight is 305 g/mol. The molecule has 1 amide bonds. The number of amides is 1. The van der Waals surface area contributed by atoms with Gasteiger partial charge in [0.1, 0.15) is 5.82 Å². The first kappa shape index (κ1) is 16.2. The van der Waals surface area contributed by atoms with E-state index in [1.807, 2.05) is 6.92 Å². The van der Waals surface area contributed by atoms with Gasteiger partial charge in [0.15, 0.2) is 0 Å². The quantitative estimate of drug-likeness (QED) is 0.930. The number of aliphatic carboxylic acids is 1. The van der Waals surface area contributed by atoms with Crippen molar-refractivity contribution >= 4 is 18.0 Å². The van der Waals surface area contributed by atoms with E-state index in [2.05, 4.69) is 0 Å². The van der Waals surface area contributed by atoms with Crippen LogP contribution in [0.25, 0.3) is 6.08 Å². The first-order valence-corrected chi connectivity index (χ1v) is 7.38. The summed E-state index contributed by atoms with van der Waals surface area (Å²) in [6.45, 7) is 2.85. The van der Waals surface area contributed by atoms with Crippen LogP contribution in [0.1, 0.15) is 25.3 Å². The molecule has 5 heteroatoms. The van der Waals surface area contributed by atoms with E-state index in [0.717, 1.165) is 5.56 Å². The maximum atomic E-state index is 12.8. The summed E-state index contributed by atoms with van der Waals surface area (Å²) in [5.74, 6) is -1.49. The Bertz CT molecular complexity index is 568. The Morgan fingerprint density at radius 2 is 2.00 bits per heavy atom. The summed E-state index contributed by atoms with van der Waals surface area (Å²) in [6, 6.07) is 6.01. The topological polar surface area (TPSA) is 57.6 Å². The van der Waals surface area contributed by atoms with Gasteiger partial charge in [-0.05, 0) is 30.0 Å². The van der Waals surface area contributed by atoms with Crippen LogP contribution in [-0.4, -0.2) is 35.0 Å². The number of halogens is 1. The molecule has 1 N–H and O–H groups in total. The van der Waals surface area contributed by atoms with Crippen molar-refractivity contribution < 1.29 is 19.1 Å². The Hall–Kier alpha value is -2.17. The van der Waals surface area contributed by atoms with Crippen LogP contribution >= 0.6 is 0 Å². The van der Waals surface area contributed by atoms with Crippen LogP contribution in [-0.2, 0) is 9.59 Å². The molecule has 0 aromatic heterocycles. The fourth-order valence-corrected chi connectivity index (χ4v) is 2.73. The Kier molecular flexibility index (Phi) is 5.31. The van der Waals surface area contributed by atoms with Gasteiger partial charge in [-0.2, -0.15) is 0 Å². The standard InChI is InChI=1S/C17H20FNO3/c1-12-9-14(17(21)22)11-19(10-12)16(20)4-2-3-13-5-7-15(18)8-6-13/h2-3,5-8,12,14H,4,9-11H2,1H3,(H,21,22)/b3-2+. The summed E-state index contributed by atoms with van der Waals surface area (Å²) >= 11 is 0. The van der Waals surface area contributed by atoms with E-state index in [1.54, 1.807) is 29.2 Å². The van der Waals surface area contributed by atoms with E-state index in [1.165, 1.54) is 12.1 Å². The molecule has 1 saturated heterocycles. The lowest BCUT2D eigenvalue weighted by molar-refractivity contribution is -0.146. The third-order valence-electron chi connectivity index (χ3n) is 3.83. The lowest BCUT2D eigenvalue weighted by Crippen LogP contribution is -2.45. The zero-order valence-electron chi connectivity index (χ0n) is 12.5. The number of carbonyl (C=O) groups is 2. The van der Waals surface area contributed by atoms with Crippen LogP contribution in [0.4, 0.5) is 4.39 Å². The van der Waals surface area contributed by atoms with E-state index in [4.69, 9.17) is 5.11 Å². The second-order valence-corrected chi connectivity index (χ2v) is 5.83. The molecule has 1 heterocycles. The zero-order valence-corrected chi connectivity index (χ0v) is 12.5. The molecule has 2 rings (SSSR count). The fraction of sp³-hybridized carbons (Fsp3) is 0.412. The number of benzene rings is 1. The fourth-order valence-electron chi connectivity index (χ4n) is 2.73. The highest BCUT2D eigenvalue weighted by molar-refractivity contribution is 5.80. The molecular weight excluding hydrogens is 285 g/mol. The SMILES string of the molecule is CC1CC(C(=O)O)CN(C(=O)C/C=C/c2ccc(F)cc2)C1. The summed E-state index contributed by atoms with van der Waals surface area (Å²) in [5, 5.41) is 9.12. The average Bonchev–Trinajstić information content (AvgIpc) is 2.48. The van der Waals surface area contributed by atoms with E-state index >= 15 is 0 Å². The first-order valence-electron chi connectivity index (χ1n) is 7.38. The molecule has 0 radical (unpaired) electrons. The van der Waals surface area contributed by atoms with Gasteiger partial charge in [-0.15, -0.1) is 0 Å². The number of hydrogen-bond acceptors (Lipinski definition) is 2. The predicted molar refractivity (Wildman–Crippen MR) is 81.5 cm³/mol. The van der Waals surface area contributed by atoms with Crippen molar-refractivity contribution in [3.8, 4) is 0 Å². The maximum Gasteiger partial charge on any atom is 0.308 e. The molecule has 1 aromatic rings. The van der Waals surface area contributed by atoms with E-state index < -0.39 is 11.9 Å². The third kappa shape index (κ3) is 4.41. The van der Waals surface area contributed by atoms with Crippen LogP contribution in [0.2, 0.25) is 0 Å². The second kappa shape index (κ2) is 7.20. The predicted octanol–water partition coefficient (Wildman–Crippen LogP) is 2.80. The van der Waals surface area contributed by atoms with E-state index in [0.29, 0.717) is 13.0 Å². The van der Waals surface area contributed by atoms with Crippen molar-refractivity contribution in [3.63, 3.8) is 0 Å². The number of carbonyl (C=O) groups excluding carboxylic acids is 1. The summed E-state index contributed by atoms with van der Waals surface area (Å²) in [7, 11) is 0. The summed E-state index contributed by atoms with van der Waals surface area (Å²) in [5.41, 5.74) is 0.824. The molecular formula is C17H20FNO3. The van der Waals surface area contributed by atoms with Gasteiger partial charge < -0.3 is 10.0 Å². The molecule has 0 saturated carbocycles. The smallest absolute Gasteiger partial charge is 0.308 e. The van der Waals surface area contributed by atoms with Crippen molar-refractivity contribution in [2.24, 2.45) is 11.8 Å². The van der Waals surface area contributed by atoms with Crippen LogP contribution in [0.5, 0.6) is 0 Å². The van der Waals surface area contributed by atoms with Gasteiger partial charge in [-0.3, -0.25) is 9.59 Å². The van der Waals surface area contributed by atoms with Crippen LogP contribution in [0, 0.1) is 17.7 Å². The molecule has 22 heavy (non-hydrogen) atoms. The van der Waals surface area contributed by atoms with Gasteiger partial charge in [-0.1, -0.05) is 31.2 Å². The highest BCUT2D eigenvalue weighted by Gasteiger charge is 2.31. The lowest BCUT2D eigenvalue weighted by Gasteiger charge is -2.34. The monoisotopic (exact) mass is 305 g/mol. The van der Waals surface area contributed by atoms with Crippen molar-refractivity contribution in [3.05, 3.63) is 41.7 Å². The van der Waals surface area contributed by atoms with E-state index in [-0.39, 0.29) is 30.6 Å².